The second kappa shape index (κ2) is 5.03. The van der Waals surface area contributed by atoms with E-state index in [1.54, 1.807) is 19.2 Å². The number of hydrogen-bond acceptors (Lipinski definition) is 4. The van der Waals surface area contributed by atoms with E-state index in [9.17, 15) is 15.4 Å². The highest BCUT2D eigenvalue weighted by Gasteiger charge is 2.51. The quantitative estimate of drug-likeness (QED) is 0.627. The van der Waals surface area contributed by atoms with E-state index in [1.807, 2.05) is 0 Å². The molecule has 3 atom stereocenters. The zero-order chi connectivity index (χ0) is 15.0. The Morgan fingerprint density at radius 1 is 1.52 bits per heavy atom. The van der Waals surface area contributed by atoms with Crippen molar-refractivity contribution in [1.82, 2.24) is 0 Å². The van der Waals surface area contributed by atoms with E-state index in [4.69, 9.17) is 4.74 Å². The molecule has 5 heteroatoms. The first-order valence-electron chi connectivity index (χ1n) is 7.30. The normalized spacial score (nSPS) is 30.1. The predicted octanol–water partition coefficient (Wildman–Crippen LogP) is 3.48. The van der Waals surface area contributed by atoms with Crippen molar-refractivity contribution in [2.75, 3.05) is 7.11 Å². The molecule has 110 valence electrons. The van der Waals surface area contributed by atoms with Gasteiger partial charge in [0.2, 0.25) is 0 Å². The van der Waals surface area contributed by atoms with Crippen molar-refractivity contribution >= 4 is 5.69 Å². The lowest BCUT2D eigenvalue weighted by Crippen LogP contribution is -2.28. The number of fused-ring (bicyclic) bond motifs is 2. The number of nitro groups is 1. The molecular formula is C16H18N2O3. The number of methoxy groups -OCH3 is 1. The van der Waals surface area contributed by atoms with E-state index in [-0.39, 0.29) is 11.1 Å². The van der Waals surface area contributed by atoms with E-state index in [0.29, 0.717) is 24.0 Å². The maximum atomic E-state index is 11.0. The molecular weight excluding hydrogens is 268 g/mol. The lowest BCUT2D eigenvalue weighted by Gasteiger charge is -2.31. The van der Waals surface area contributed by atoms with Crippen molar-refractivity contribution in [2.45, 2.75) is 32.1 Å². The van der Waals surface area contributed by atoms with E-state index in [0.717, 1.165) is 24.8 Å². The van der Waals surface area contributed by atoms with Crippen LogP contribution in [0.25, 0.3) is 0 Å². The molecule has 0 amide bonds. The summed E-state index contributed by atoms with van der Waals surface area (Å²) in [6, 6.07) is 7.17. The molecule has 0 saturated heterocycles. The van der Waals surface area contributed by atoms with Crippen LogP contribution in [0.2, 0.25) is 0 Å². The average molecular weight is 286 g/mol. The number of nitriles is 1. The SMILES string of the molecule is COc1ccc([N+](=O)[O-])cc1CC1(C#N)CC2CCC1C2. The summed E-state index contributed by atoms with van der Waals surface area (Å²) in [5.74, 6) is 1.72. The topological polar surface area (TPSA) is 76.2 Å². The Labute approximate surface area is 123 Å². The van der Waals surface area contributed by atoms with Crippen LogP contribution in [0.4, 0.5) is 5.69 Å². The van der Waals surface area contributed by atoms with Gasteiger partial charge in [0.15, 0.2) is 0 Å². The molecule has 2 fully saturated rings. The van der Waals surface area contributed by atoms with E-state index in [2.05, 4.69) is 6.07 Å². The molecule has 0 heterocycles. The third-order valence-electron chi connectivity index (χ3n) is 5.18. The number of non-ortho nitro benzene ring substituents is 1. The molecule has 2 aliphatic carbocycles. The van der Waals surface area contributed by atoms with E-state index in [1.165, 1.54) is 12.5 Å². The van der Waals surface area contributed by atoms with Gasteiger partial charge in [-0.2, -0.15) is 5.26 Å². The van der Waals surface area contributed by atoms with E-state index >= 15 is 0 Å². The largest absolute Gasteiger partial charge is 0.496 e. The lowest BCUT2D eigenvalue weighted by atomic mass is 9.70. The standard InChI is InChI=1S/C16H18N2O3/c1-21-15-5-4-14(18(19)20)7-12(15)9-16(10-17)8-11-2-3-13(16)6-11/h4-5,7,11,13H,2-3,6,8-9H2,1H3. The fraction of sp³-hybridized carbons (Fsp3) is 0.562. The Morgan fingerprint density at radius 3 is 2.86 bits per heavy atom. The first-order valence-corrected chi connectivity index (χ1v) is 7.30. The molecule has 21 heavy (non-hydrogen) atoms. The molecule has 0 spiro atoms. The molecule has 0 aliphatic heterocycles. The monoisotopic (exact) mass is 286 g/mol. The fourth-order valence-electron chi connectivity index (χ4n) is 4.19. The average Bonchev–Trinajstić information content (AvgIpc) is 3.08. The van der Waals surface area contributed by atoms with Gasteiger partial charge in [-0.1, -0.05) is 6.42 Å². The van der Waals surface area contributed by atoms with Crippen LogP contribution in [0.3, 0.4) is 0 Å². The van der Waals surface area contributed by atoms with Crippen molar-refractivity contribution in [1.29, 1.82) is 5.26 Å². The van der Waals surface area contributed by atoms with Gasteiger partial charge in [-0.15, -0.1) is 0 Å². The van der Waals surface area contributed by atoms with Gasteiger partial charge in [0, 0.05) is 17.7 Å². The second-order valence-corrected chi connectivity index (χ2v) is 6.28. The number of benzene rings is 1. The van der Waals surface area contributed by atoms with Crippen molar-refractivity contribution in [3.8, 4) is 11.8 Å². The van der Waals surface area contributed by atoms with Crippen molar-refractivity contribution in [3.63, 3.8) is 0 Å². The highest BCUT2D eigenvalue weighted by atomic mass is 16.6. The van der Waals surface area contributed by atoms with Gasteiger partial charge in [0.1, 0.15) is 5.75 Å². The van der Waals surface area contributed by atoms with Crippen LogP contribution in [-0.2, 0) is 6.42 Å². The summed E-state index contributed by atoms with van der Waals surface area (Å²) in [6.45, 7) is 0. The summed E-state index contributed by atoms with van der Waals surface area (Å²) < 4.78 is 5.33. The smallest absolute Gasteiger partial charge is 0.269 e. The fourth-order valence-corrected chi connectivity index (χ4v) is 4.19. The molecule has 0 radical (unpaired) electrons. The molecule has 2 bridgehead atoms. The molecule has 0 aromatic heterocycles. The van der Waals surface area contributed by atoms with Gasteiger partial charge in [-0.25, -0.2) is 0 Å². The van der Waals surface area contributed by atoms with Gasteiger partial charge in [-0.05, 0) is 43.6 Å². The first kappa shape index (κ1) is 13.9. The van der Waals surface area contributed by atoms with Crippen LogP contribution in [0.1, 0.15) is 31.2 Å². The number of hydrogen-bond donors (Lipinski definition) is 0. The van der Waals surface area contributed by atoms with Crippen LogP contribution in [0.5, 0.6) is 5.75 Å². The zero-order valence-electron chi connectivity index (χ0n) is 12.0. The summed E-state index contributed by atoms with van der Waals surface area (Å²) >= 11 is 0. The van der Waals surface area contributed by atoms with Crippen molar-refractivity contribution in [2.24, 2.45) is 17.3 Å². The Bertz CT molecular complexity index is 622. The zero-order valence-corrected chi connectivity index (χ0v) is 12.0. The minimum Gasteiger partial charge on any atom is -0.496 e. The minimum atomic E-state index is -0.400. The number of rotatable bonds is 4. The third kappa shape index (κ3) is 2.25. The van der Waals surface area contributed by atoms with Gasteiger partial charge in [-0.3, -0.25) is 10.1 Å². The van der Waals surface area contributed by atoms with Crippen molar-refractivity contribution < 1.29 is 9.66 Å². The molecule has 3 rings (SSSR count). The second-order valence-electron chi connectivity index (χ2n) is 6.28. The Kier molecular flexibility index (Phi) is 3.32. The van der Waals surface area contributed by atoms with Crippen LogP contribution < -0.4 is 4.74 Å². The maximum absolute atomic E-state index is 11.0. The summed E-state index contributed by atoms with van der Waals surface area (Å²) in [5, 5.41) is 20.7. The number of nitrogens with zero attached hydrogens (tertiary/aromatic N) is 2. The lowest BCUT2D eigenvalue weighted by molar-refractivity contribution is -0.384. The van der Waals surface area contributed by atoms with Crippen LogP contribution in [0, 0.1) is 38.7 Å². The maximum Gasteiger partial charge on any atom is 0.269 e. The Balaban J connectivity index is 1.95. The van der Waals surface area contributed by atoms with Crippen LogP contribution in [-0.4, -0.2) is 12.0 Å². The molecule has 3 unspecified atom stereocenters. The van der Waals surface area contributed by atoms with Gasteiger partial charge < -0.3 is 4.74 Å². The molecule has 5 nitrogen and oxygen atoms in total. The van der Waals surface area contributed by atoms with Gasteiger partial charge in [0.25, 0.3) is 5.69 Å². The molecule has 2 saturated carbocycles. The first-order chi connectivity index (χ1) is 10.1. The predicted molar refractivity (Wildman–Crippen MR) is 76.8 cm³/mol. The van der Waals surface area contributed by atoms with Crippen LogP contribution in [0.15, 0.2) is 18.2 Å². The molecule has 1 aromatic carbocycles. The number of ether oxygens (including phenoxy) is 1. The summed E-state index contributed by atoms with van der Waals surface area (Å²) in [7, 11) is 1.56. The van der Waals surface area contributed by atoms with Gasteiger partial charge >= 0.3 is 0 Å². The number of nitro benzene ring substituents is 1. The Hall–Kier alpha value is -2.09. The van der Waals surface area contributed by atoms with Gasteiger partial charge in [0.05, 0.1) is 23.5 Å². The molecule has 0 N–H and O–H groups in total. The van der Waals surface area contributed by atoms with Crippen molar-refractivity contribution in [3.05, 3.63) is 33.9 Å². The van der Waals surface area contributed by atoms with E-state index < -0.39 is 4.92 Å². The summed E-state index contributed by atoms with van der Waals surface area (Å²) in [5.41, 5.74) is 0.466. The van der Waals surface area contributed by atoms with Crippen LogP contribution >= 0.6 is 0 Å². The highest BCUT2D eigenvalue weighted by molar-refractivity contribution is 5.45. The molecule has 2 aliphatic rings. The highest BCUT2D eigenvalue weighted by Crippen LogP contribution is 2.57. The summed E-state index contributed by atoms with van der Waals surface area (Å²) in [6.07, 6.45) is 4.93. The molecule has 1 aromatic rings. The minimum absolute atomic E-state index is 0.0575. The Morgan fingerprint density at radius 2 is 2.33 bits per heavy atom. The summed E-state index contributed by atoms with van der Waals surface area (Å²) in [4.78, 5) is 10.6. The third-order valence-corrected chi connectivity index (χ3v) is 5.18.